The lowest BCUT2D eigenvalue weighted by molar-refractivity contribution is -0.140. The van der Waals surface area contributed by atoms with Gasteiger partial charge < -0.3 is 15.0 Å². The monoisotopic (exact) mass is 681 g/mol. The zero-order chi connectivity index (χ0) is 35.0. The Labute approximate surface area is 291 Å². The molecule has 8 nitrogen and oxygen atoms in total. The maximum absolute atomic E-state index is 14.8. The number of ether oxygens (including phenoxy) is 1. The summed E-state index contributed by atoms with van der Waals surface area (Å²) in [6, 6.07) is 28.1. The van der Waals surface area contributed by atoms with Gasteiger partial charge in [0.2, 0.25) is 11.8 Å². The van der Waals surface area contributed by atoms with Gasteiger partial charge >= 0.3 is 0 Å². The molecule has 0 bridgehead atoms. The van der Waals surface area contributed by atoms with Crippen molar-refractivity contribution in [1.29, 1.82) is 0 Å². The molecule has 1 atom stereocenters. The number of amides is 2. The van der Waals surface area contributed by atoms with E-state index in [2.05, 4.69) is 5.32 Å². The maximum atomic E-state index is 14.8. The lowest BCUT2D eigenvalue weighted by Crippen LogP contribution is -2.55. The molecule has 4 aromatic rings. The number of anilines is 1. The van der Waals surface area contributed by atoms with Gasteiger partial charge in [0.1, 0.15) is 18.3 Å². The Morgan fingerprint density at radius 3 is 2.18 bits per heavy atom. The van der Waals surface area contributed by atoms with E-state index in [1.54, 1.807) is 48.4 Å². The predicted octanol–water partition coefficient (Wildman–Crippen LogP) is 6.90. The molecule has 0 aliphatic heterocycles. The summed E-state index contributed by atoms with van der Waals surface area (Å²) in [6.45, 7) is 5.35. The Hall–Kier alpha value is -4.63. The van der Waals surface area contributed by atoms with E-state index in [1.807, 2.05) is 81.4 Å². The first-order valence-electron chi connectivity index (χ1n) is 17.0. The summed E-state index contributed by atoms with van der Waals surface area (Å²) in [5.74, 6) is -0.113. The van der Waals surface area contributed by atoms with Gasteiger partial charge in [-0.05, 0) is 92.3 Å². The maximum Gasteiger partial charge on any atom is 0.264 e. The van der Waals surface area contributed by atoms with Crippen molar-refractivity contribution in [1.82, 2.24) is 10.2 Å². The van der Waals surface area contributed by atoms with Crippen LogP contribution in [0.5, 0.6) is 5.75 Å². The lowest BCUT2D eigenvalue weighted by Gasteiger charge is -2.35. The summed E-state index contributed by atoms with van der Waals surface area (Å²) in [5.41, 5.74) is 4.86. The number of hydrogen-bond acceptors (Lipinski definition) is 5. The number of benzene rings is 4. The van der Waals surface area contributed by atoms with Gasteiger partial charge in [-0.15, -0.1) is 0 Å². The first-order valence-corrected chi connectivity index (χ1v) is 18.4. The molecule has 9 heteroatoms. The molecule has 0 saturated heterocycles. The first kappa shape index (κ1) is 35.7. The summed E-state index contributed by atoms with van der Waals surface area (Å²) in [6.07, 6.45) is 5.28. The highest BCUT2D eigenvalue weighted by molar-refractivity contribution is 7.92. The fourth-order valence-corrected chi connectivity index (χ4v) is 7.72. The summed E-state index contributed by atoms with van der Waals surface area (Å²) >= 11 is 0. The fraction of sp³-hybridized carbons (Fsp3) is 0.350. The Morgan fingerprint density at radius 1 is 0.816 bits per heavy atom. The van der Waals surface area contributed by atoms with Crippen molar-refractivity contribution in [3.8, 4) is 5.75 Å². The molecule has 0 radical (unpaired) electrons. The lowest BCUT2D eigenvalue weighted by atomic mass is 9.94. The van der Waals surface area contributed by atoms with E-state index < -0.39 is 28.5 Å². The molecule has 1 fully saturated rings. The Balaban J connectivity index is 1.58. The van der Waals surface area contributed by atoms with Gasteiger partial charge in [0, 0.05) is 19.0 Å². The fourth-order valence-electron chi connectivity index (χ4n) is 6.31. The predicted molar refractivity (Wildman–Crippen MR) is 194 cm³/mol. The van der Waals surface area contributed by atoms with Gasteiger partial charge in [0.15, 0.2) is 0 Å². The number of hydrogen-bond donors (Lipinski definition) is 1. The highest BCUT2D eigenvalue weighted by atomic mass is 32.2. The summed E-state index contributed by atoms with van der Waals surface area (Å²) in [5, 5.41) is 3.25. The molecule has 0 spiro atoms. The van der Waals surface area contributed by atoms with Crippen LogP contribution in [0.15, 0.2) is 102 Å². The van der Waals surface area contributed by atoms with Gasteiger partial charge in [-0.2, -0.15) is 0 Å². The molecule has 1 aliphatic rings. The van der Waals surface area contributed by atoms with Gasteiger partial charge in [-0.3, -0.25) is 13.9 Å². The third-order valence-electron chi connectivity index (χ3n) is 9.38. The summed E-state index contributed by atoms with van der Waals surface area (Å²) < 4.78 is 35.4. The van der Waals surface area contributed by atoms with Crippen LogP contribution in [0.3, 0.4) is 0 Å². The summed E-state index contributed by atoms with van der Waals surface area (Å²) in [4.78, 5) is 30.7. The topological polar surface area (TPSA) is 96.0 Å². The van der Waals surface area contributed by atoms with E-state index in [-0.39, 0.29) is 29.8 Å². The van der Waals surface area contributed by atoms with Crippen LogP contribution in [0, 0.1) is 20.8 Å². The van der Waals surface area contributed by atoms with Gasteiger partial charge in [-0.25, -0.2) is 8.42 Å². The molecule has 1 saturated carbocycles. The molecular formula is C40H47N3O5S. The van der Waals surface area contributed by atoms with Crippen LogP contribution in [0.25, 0.3) is 0 Å². The number of sulfonamides is 1. The number of nitrogens with zero attached hydrogens (tertiary/aromatic N) is 2. The Bertz CT molecular complexity index is 1840. The number of carbonyl (C=O) groups is 2. The Kier molecular flexibility index (Phi) is 11.8. The normalized spacial score (nSPS) is 14.1. The zero-order valence-corrected chi connectivity index (χ0v) is 29.7. The molecule has 0 aromatic heterocycles. The van der Waals surface area contributed by atoms with E-state index in [0.29, 0.717) is 11.4 Å². The van der Waals surface area contributed by atoms with E-state index in [1.165, 1.54) is 4.31 Å². The van der Waals surface area contributed by atoms with Gasteiger partial charge in [-0.1, -0.05) is 85.5 Å². The second-order valence-corrected chi connectivity index (χ2v) is 14.9. The van der Waals surface area contributed by atoms with Crippen LogP contribution in [-0.4, -0.2) is 50.9 Å². The third kappa shape index (κ3) is 9.09. The summed E-state index contributed by atoms with van der Waals surface area (Å²) in [7, 11) is -2.60. The average molecular weight is 682 g/mol. The van der Waals surface area contributed by atoms with E-state index in [0.717, 1.165) is 59.9 Å². The van der Waals surface area contributed by atoms with Crippen LogP contribution in [0.4, 0.5) is 5.69 Å². The van der Waals surface area contributed by atoms with Crippen molar-refractivity contribution >= 4 is 27.5 Å². The molecule has 1 N–H and O–H groups in total. The number of rotatable bonds is 13. The number of carbonyl (C=O) groups excluding carboxylic acids is 2. The molecule has 49 heavy (non-hydrogen) atoms. The standard InChI is InChI=1S/C40H47N3O5S/c1-29-18-22-37(23-19-29)49(46,47)43(35-21-20-30(2)31(3)24-35)28-39(44)42(27-33-14-11-17-36(25-33)48-4)38(26-32-12-7-5-8-13-32)40(45)41-34-15-9-6-10-16-34/h5,7-8,11-14,17-25,34,38H,6,9-10,15-16,26-28H2,1-4H3,(H,41,45). The van der Waals surface area contributed by atoms with E-state index >= 15 is 0 Å². The number of methoxy groups -OCH3 is 1. The SMILES string of the molecule is COc1cccc(CN(C(=O)CN(c2ccc(C)c(C)c2)S(=O)(=O)c2ccc(C)cc2)C(Cc2ccccc2)C(=O)NC2CCCCC2)c1. The molecule has 5 rings (SSSR count). The van der Waals surface area contributed by atoms with Gasteiger partial charge in [0.05, 0.1) is 17.7 Å². The largest absolute Gasteiger partial charge is 0.497 e. The highest BCUT2D eigenvalue weighted by Gasteiger charge is 2.35. The van der Waals surface area contributed by atoms with Gasteiger partial charge in [0.25, 0.3) is 10.0 Å². The minimum Gasteiger partial charge on any atom is -0.497 e. The van der Waals surface area contributed by atoms with Crippen LogP contribution >= 0.6 is 0 Å². The highest BCUT2D eigenvalue weighted by Crippen LogP contribution is 2.28. The van der Waals surface area contributed by atoms with Crippen molar-refractivity contribution in [3.05, 3.63) is 125 Å². The third-order valence-corrected chi connectivity index (χ3v) is 11.2. The molecule has 1 aliphatic carbocycles. The Morgan fingerprint density at radius 2 is 1.51 bits per heavy atom. The number of nitrogens with one attached hydrogen (secondary N) is 1. The molecule has 258 valence electrons. The van der Waals surface area contributed by atoms with E-state index in [9.17, 15) is 18.0 Å². The van der Waals surface area contributed by atoms with Crippen LogP contribution < -0.4 is 14.4 Å². The van der Waals surface area contributed by atoms with Crippen LogP contribution in [0.2, 0.25) is 0 Å². The minimum atomic E-state index is -4.17. The van der Waals surface area contributed by atoms with Crippen LogP contribution in [-0.2, 0) is 32.6 Å². The molecule has 4 aromatic carbocycles. The number of aryl methyl sites for hydroxylation is 3. The van der Waals surface area contributed by atoms with Crippen LogP contribution in [0.1, 0.15) is 59.9 Å². The van der Waals surface area contributed by atoms with Crippen molar-refractivity contribution in [3.63, 3.8) is 0 Å². The molecule has 0 heterocycles. The van der Waals surface area contributed by atoms with Crippen molar-refractivity contribution in [2.24, 2.45) is 0 Å². The zero-order valence-electron chi connectivity index (χ0n) is 28.9. The van der Waals surface area contributed by atoms with E-state index in [4.69, 9.17) is 4.74 Å². The minimum absolute atomic E-state index is 0.0299. The second kappa shape index (κ2) is 16.2. The second-order valence-electron chi connectivity index (χ2n) is 13.0. The molecular weight excluding hydrogens is 635 g/mol. The molecule has 1 unspecified atom stereocenters. The quantitative estimate of drug-likeness (QED) is 0.166. The average Bonchev–Trinajstić information content (AvgIpc) is 3.11. The van der Waals surface area contributed by atoms with Crippen molar-refractivity contribution < 1.29 is 22.7 Å². The smallest absolute Gasteiger partial charge is 0.264 e. The van der Waals surface area contributed by atoms with Crippen molar-refractivity contribution in [2.75, 3.05) is 18.0 Å². The van der Waals surface area contributed by atoms with Crippen molar-refractivity contribution in [2.45, 2.75) is 82.8 Å². The molecule has 2 amide bonds. The first-order chi connectivity index (χ1) is 23.5.